The van der Waals surface area contributed by atoms with Gasteiger partial charge >= 0.3 is 0 Å². The van der Waals surface area contributed by atoms with E-state index < -0.39 is 0 Å². The van der Waals surface area contributed by atoms with Crippen molar-refractivity contribution in [2.75, 3.05) is 13.7 Å². The highest BCUT2D eigenvalue weighted by Crippen LogP contribution is 2.43. The van der Waals surface area contributed by atoms with Gasteiger partial charge in [-0.3, -0.25) is 0 Å². The fourth-order valence-electron chi connectivity index (χ4n) is 4.79. The molecule has 1 aromatic heterocycles. The molecule has 2 aliphatic rings. The van der Waals surface area contributed by atoms with E-state index in [0.717, 1.165) is 41.4 Å². The number of methoxy groups -OCH3 is 1. The minimum atomic E-state index is 0.560. The van der Waals surface area contributed by atoms with Gasteiger partial charge in [-0.05, 0) is 74.2 Å². The molecule has 0 aliphatic heterocycles. The Hall–Kier alpha value is -1.88. The molecule has 2 saturated carbocycles. The summed E-state index contributed by atoms with van der Waals surface area (Å²) in [6.07, 6.45) is 10.1. The third-order valence-corrected chi connectivity index (χ3v) is 6.04. The van der Waals surface area contributed by atoms with Crippen LogP contribution in [0.1, 0.15) is 50.8 Å². The number of hydrogen-bond acceptors (Lipinski definition) is 5. The molecule has 0 saturated heterocycles. The lowest BCUT2D eigenvalue weighted by molar-refractivity contribution is 0.132. The van der Waals surface area contributed by atoms with Crippen molar-refractivity contribution in [3.05, 3.63) is 30.1 Å². The molecule has 2 bridgehead atoms. The molecule has 0 radical (unpaired) electrons. The van der Waals surface area contributed by atoms with Gasteiger partial charge in [0.25, 0.3) is 5.89 Å². The van der Waals surface area contributed by atoms with Gasteiger partial charge in [0.15, 0.2) is 5.82 Å². The van der Waals surface area contributed by atoms with Gasteiger partial charge in [0.05, 0.1) is 13.7 Å². The first-order chi connectivity index (χ1) is 12.8. The third kappa shape index (κ3) is 4.26. The van der Waals surface area contributed by atoms with Crippen LogP contribution in [0, 0.1) is 17.8 Å². The Bertz CT molecular complexity index is 686. The molecular weight excluding hydrogens is 326 g/mol. The maximum atomic E-state index is 5.38. The highest BCUT2D eigenvalue weighted by atomic mass is 16.5. The van der Waals surface area contributed by atoms with Crippen LogP contribution < -0.4 is 10.1 Å². The molecule has 4 rings (SSSR count). The van der Waals surface area contributed by atoms with Gasteiger partial charge in [-0.1, -0.05) is 24.4 Å². The third-order valence-electron chi connectivity index (χ3n) is 6.04. The molecule has 2 aliphatic carbocycles. The van der Waals surface area contributed by atoms with Crippen molar-refractivity contribution in [2.45, 2.75) is 51.5 Å². The van der Waals surface area contributed by atoms with Gasteiger partial charge in [0, 0.05) is 5.56 Å². The molecular formula is C21H29N3O2. The van der Waals surface area contributed by atoms with E-state index in [9.17, 15) is 0 Å². The fourth-order valence-corrected chi connectivity index (χ4v) is 4.79. The van der Waals surface area contributed by atoms with Gasteiger partial charge in [-0.15, -0.1) is 0 Å². The molecule has 5 nitrogen and oxygen atoms in total. The highest BCUT2D eigenvalue weighted by Gasteiger charge is 2.31. The molecule has 2 atom stereocenters. The number of ether oxygens (including phenoxy) is 1. The lowest BCUT2D eigenvalue weighted by Crippen LogP contribution is -2.29. The second kappa shape index (κ2) is 8.21. The lowest BCUT2D eigenvalue weighted by Gasteiger charge is -2.39. The summed E-state index contributed by atoms with van der Waals surface area (Å²) in [5.41, 5.74) is 0.915. The van der Waals surface area contributed by atoms with Crippen LogP contribution in [0.3, 0.4) is 0 Å². The lowest BCUT2D eigenvalue weighted by atomic mass is 9.67. The van der Waals surface area contributed by atoms with Gasteiger partial charge in [0.1, 0.15) is 5.75 Å². The maximum absolute atomic E-state index is 5.38. The first-order valence-electron chi connectivity index (χ1n) is 9.98. The Kier molecular flexibility index (Phi) is 5.54. The summed E-state index contributed by atoms with van der Waals surface area (Å²) in [4.78, 5) is 4.49. The van der Waals surface area contributed by atoms with Crippen molar-refractivity contribution in [3.63, 3.8) is 0 Å². The quantitative estimate of drug-likeness (QED) is 0.744. The topological polar surface area (TPSA) is 60.2 Å². The zero-order valence-corrected chi connectivity index (χ0v) is 15.6. The summed E-state index contributed by atoms with van der Waals surface area (Å²) < 4.78 is 10.6. The predicted molar refractivity (Wildman–Crippen MR) is 101 cm³/mol. The molecule has 26 heavy (non-hydrogen) atoms. The zero-order valence-electron chi connectivity index (χ0n) is 15.6. The van der Waals surface area contributed by atoms with Crippen molar-refractivity contribution >= 4 is 0 Å². The predicted octanol–water partition coefficient (Wildman–Crippen LogP) is 4.44. The Labute approximate surface area is 155 Å². The van der Waals surface area contributed by atoms with Gasteiger partial charge in [-0.2, -0.15) is 4.98 Å². The number of nitrogens with zero attached hydrogens (tertiary/aromatic N) is 2. The molecule has 1 N–H and O–H groups in total. The molecule has 2 unspecified atom stereocenters. The monoisotopic (exact) mass is 355 g/mol. The molecule has 5 heteroatoms. The summed E-state index contributed by atoms with van der Waals surface area (Å²) in [6, 6.07) is 7.67. The van der Waals surface area contributed by atoms with Crippen LogP contribution in [-0.2, 0) is 6.54 Å². The number of fused-ring (bicyclic) bond motifs is 2. The number of nitrogens with one attached hydrogen (secondary N) is 1. The first kappa shape index (κ1) is 17.5. The average molecular weight is 355 g/mol. The van der Waals surface area contributed by atoms with Crippen LogP contribution in [-0.4, -0.2) is 23.8 Å². The normalized spacial score (nSPS) is 25.2. The van der Waals surface area contributed by atoms with Gasteiger partial charge in [0.2, 0.25) is 0 Å². The van der Waals surface area contributed by atoms with E-state index in [4.69, 9.17) is 9.26 Å². The van der Waals surface area contributed by atoms with E-state index in [1.165, 1.54) is 44.9 Å². The van der Waals surface area contributed by atoms with E-state index in [2.05, 4.69) is 15.5 Å². The summed E-state index contributed by atoms with van der Waals surface area (Å²) in [5.74, 6) is 5.03. The second-order valence-electron chi connectivity index (χ2n) is 7.95. The van der Waals surface area contributed by atoms with Crippen LogP contribution in [0.4, 0.5) is 0 Å². The fraction of sp³-hybridized carbons (Fsp3) is 0.619. The number of benzene rings is 1. The van der Waals surface area contributed by atoms with Crippen LogP contribution >= 0.6 is 0 Å². The van der Waals surface area contributed by atoms with E-state index >= 15 is 0 Å². The molecule has 1 heterocycles. The van der Waals surface area contributed by atoms with Crippen molar-refractivity contribution in [1.82, 2.24) is 15.5 Å². The van der Waals surface area contributed by atoms with Gasteiger partial charge in [-0.25, -0.2) is 0 Å². The number of aromatic nitrogens is 2. The second-order valence-corrected chi connectivity index (χ2v) is 7.95. The van der Waals surface area contributed by atoms with E-state index in [1.54, 1.807) is 7.11 Å². The minimum Gasteiger partial charge on any atom is -0.497 e. The standard InChI is InChI=1S/C21H29N3O2/c1-25-19-7-5-18(6-8-19)21-23-20(24-26-21)14-22-10-9-17-12-15-3-2-4-16(11-15)13-17/h5-8,15-17,22H,2-4,9-14H2,1H3. The largest absolute Gasteiger partial charge is 0.497 e. The Morgan fingerprint density at radius 3 is 2.62 bits per heavy atom. The molecule has 2 fully saturated rings. The Morgan fingerprint density at radius 2 is 1.88 bits per heavy atom. The van der Waals surface area contributed by atoms with Crippen molar-refractivity contribution in [1.29, 1.82) is 0 Å². The van der Waals surface area contributed by atoms with E-state index in [0.29, 0.717) is 12.4 Å². The molecule has 140 valence electrons. The first-order valence-corrected chi connectivity index (χ1v) is 9.98. The Morgan fingerprint density at radius 1 is 1.12 bits per heavy atom. The van der Waals surface area contributed by atoms with Crippen LogP contribution in [0.5, 0.6) is 5.75 Å². The average Bonchev–Trinajstić information content (AvgIpc) is 3.14. The minimum absolute atomic E-state index is 0.560. The highest BCUT2D eigenvalue weighted by molar-refractivity contribution is 5.54. The molecule has 1 aromatic carbocycles. The van der Waals surface area contributed by atoms with E-state index in [-0.39, 0.29) is 0 Å². The summed E-state index contributed by atoms with van der Waals surface area (Å²) in [7, 11) is 1.66. The summed E-state index contributed by atoms with van der Waals surface area (Å²) in [5, 5.41) is 7.58. The van der Waals surface area contributed by atoms with Crippen LogP contribution in [0.25, 0.3) is 11.5 Å². The zero-order chi connectivity index (χ0) is 17.8. The van der Waals surface area contributed by atoms with Crippen LogP contribution in [0.2, 0.25) is 0 Å². The molecule has 2 aromatic rings. The molecule has 0 amide bonds. The smallest absolute Gasteiger partial charge is 0.257 e. The SMILES string of the molecule is COc1ccc(-c2nc(CNCCC3CC4CCCC(C4)C3)no2)cc1. The van der Waals surface area contributed by atoms with Crippen LogP contribution in [0.15, 0.2) is 28.8 Å². The van der Waals surface area contributed by atoms with Crippen molar-refractivity contribution in [3.8, 4) is 17.2 Å². The van der Waals surface area contributed by atoms with Crippen molar-refractivity contribution in [2.24, 2.45) is 17.8 Å². The summed E-state index contributed by atoms with van der Waals surface area (Å²) in [6.45, 7) is 1.70. The number of rotatable bonds is 7. The molecule has 0 spiro atoms. The van der Waals surface area contributed by atoms with Crippen molar-refractivity contribution < 1.29 is 9.26 Å². The maximum Gasteiger partial charge on any atom is 0.257 e. The van der Waals surface area contributed by atoms with Gasteiger partial charge < -0.3 is 14.6 Å². The van der Waals surface area contributed by atoms with E-state index in [1.807, 2.05) is 24.3 Å². The summed E-state index contributed by atoms with van der Waals surface area (Å²) >= 11 is 0. The number of hydrogen-bond donors (Lipinski definition) is 1. The Balaban J connectivity index is 1.22.